The highest BCUT2D eigenvalue weighted by molar-refractivity contribution is 6.74. The summed E-state index contributed by atoms with van der Waals surface area (Å²) in [6.07, 6.45) is 1.86. The third kappa shape index (κ3) is 2.95. The largest absolute Gasteiger partial charge is 0.416 e. The van der Waals surface area contributed by atoms with Crippen LogP contribution in [-0.4, -0.2) is 31.9 Å². The van der Waals surface area contributed by atoms with E-state index in [0.717, 1.165) is 6.42 Å². The molecular weight excluding hydrogens is 256 g/mol. The predicted octanol–water partition coefficient (Wildman–Crippen LogP) is 2.98. The van der Waals surface area contributed by atoms with Crippen LogP contribution in [0.25, 0.3) is 0 Å². The first kappa shape index (κ1) is 15.2. The maximum Gasteiger partial charge on any atom is 0.191 e. The molecule has 2 rings (SSSR count). The summed E-state index contributed by atoms with van der Waals surface area (Å²) in [6.45, 7) is 11.8. The normalized spacial score (nSPS) is 35.8. The number of fused-ring (bicyclic) bond motifs is 1. The molecule has 0 radical (unpaired) electrons. The minimum absolute atomic E-state index is 0.172. The number of carbonyl (C=O) groups is 1. The van der Waals surface area contributed by atoms with Crippen LogP contribution in [0.3, 0.4) is 0 Å². The molecule has 0 bridgehead atoms. The van der Waals surface area contributed by atoms with Gasteiger partial charge in [0.15, 0.2) is 8.32 Å². The third-order valence-corrected chi connectivity index (χ3v) is 10.1. The van der Waals surface area contributed by atoms with Gasteiger partial charge in [0.1, 0.15) is 5.78 Å². The van der Waals surface area contributed by atoms with Gasteiger partial charge in [0.2, 0.25) is 0 Å². The maximum atomic E-state index is 11.6. The van der Waals surface area contributed by atoms with Crippen molar-refractivity contribution in [3.8, 4) is 0 Å². The van der Waals surface area contributed by atoms with Crippen LogP contribution in [0.15, 0.2) is 0 Å². The standard InChI is InChI=1S/C15H28O3Si/c1-15(2,3)19(4,5)18-9-13-12-8-11(16)6-10(12)7-14(13)17/h10,12-14,17H,6-9H2,1-5H3. The lowest BCUT2D eigenvalue weighted by molar-refractivity contribution is -0.118. The number of ketones is 1. The fourth-order valence-corrected chi connectivity index (χ4v) is 4.28. The summed E-state index contributed by atoms with van der Waals surface area (Å²) in [7, 11) is -1.76. The minimum atomic E-state index is -1.76. The smallest absolute Gasteiger partial charge is 0.191 e. The molecule has 3 nitrogen and oxygen atoms in total. The monoisotopic (exact) mass is 284 g/mol. The first-order chi connectivity index (χ1) is 8.62. The van der Waals surface area contributed by atoms with Gasteiger partial charge in [-0.1, -0.05) is 20.8 Å². The van der Waals surface area contributed by atoms with Crippen LogP contribution >= 0.6 is 0 Å². The minimum Gasteiger partial charge on any atom is -0.416 e. The Hall–Kier alpha value is -0.193. The summed E-state index contributed by atoms with van der Waals surface area (Å²) in [6, 6.07) is 0. The SMILES string of the molecule is CC(C)(C)[Si](C)(C)OCC1C(O)CC2CC(=O)CC21. The Morgan fingerprint density at radius 1 is 1.32 bits per heavy atom. The van der Waals surface area contributed by atoms with Crippen LogP contribution in [0.2, 0.25) is 18.1 Å². The van der Waals surface area contributed by atoms with E-state index in [1.54, 1.807) is 0 Å². The Morgan fingerprint density at radius 2 is 1.95 bits per heavy atom. The average Bonchev–Trinajstić information content (AvgIpc) is 2.69. The van der Waals surface area contributed by atoms with Crippen LogP contribution in [0, 0.1) is 17.8 Å². The molecule has 4 atom stereocenters. The zero-order chi connectivity index (χ0) is 14.4. The first-order valence-corrected chi connectivity index (χ1v) is 10.4. The van der Waals surface area contributed by atoms with E-state index in [4.69, 9.17) is 4.43 Å². The summed E-state index contributed by atoms with van der Waals surface area (Å²) in [5.41, 5.74) is 0. The number of Topliss-reactive ketones (excluding diaryl/α,β-unsaturated/α-hetero) is 1. The van der Waals surface area contributed by atoms with Crippen molar-refractivity contribution in [2.24, 2.45) is 17.8 Å². The van der Waals surface area contributed by atoms with E-state index < -0.39 is 8.32 Å². The first-order valence-electron chi connectivity index (χ1n) is 7.45. The lowest BCUT2D eigenvalue weighted by Gasteiger charge is -2.37. The average molecular weight is 284 g/mol. The predicted molar refractivity (Wildman–Crippen MR) is 78.5 cm³/mol. The maximum absolute atomic E-state index is 11.6. The topological polar surface area (TPSA) is 46.5 Å². The molecule has 0 aromatic carbocycles. The zero-order valence-electron chi connectivity index (χ0n) is 12.9. The van der Waals surface area contributed by atoms with E-state index in [1.165, 1.54) is 0 Å². The lowest BCUT2D eigenvalue weighted by atomic mass is 9.92. The Labute approximate surface area is 117 Å². The highest BCUT2D eigenvalue weighted by Gasteiger charge is 2.48. The Bertz CT molecular complexity index is 359. The van der Waals surface area contributed by atoms with Gasteiger partial charge in [0, 0.05) is 25.4 Å². The molecule has 0 saturated heterocycles. The van der Waals surface area contributed by atoms with Crippen molar-refractivity contribution in [1.82, 2.24) is 0 Å². The lowest BCUT2D eigenvalue weighted by Crippen LogP contribution is -2.43. The van der Waals surface area contributed by atoms with Crippen LogP contribution in [0.5, 0.6) is 0 Å². The van der Waals surface area contributed by atoms with Crippen LogP contribution < -0.4 is 0 Å². The Kier molecular flexibility index (Phi) is 3.98. The van der Waals surface area contributed by atoms with E-state index >= 15 is 0 Å². The number of aliphatic hydroxyl groups excluding tert-OH is 1. The summed E-state index contributed by atoms with van der Waals surface area (Å²) in [5, 5.41) is 10.4. The summed E-state index contributed by atoms with van der Waals surface area (Å²) < 4.78 is 6.26. The molecule has 4 heteroatoms. The molecule has 4 unspecified atom stereocenters. The van der Waals surface area contributed by atoms with Gasteiger partial charge in [-0.2, -0.15) is 0 Å². The van der Waals surface area contributed by atoms with Gasteiger partial charge in [0.25, 0.3) is 0 Å². The number of carbonyl (C=O) groups excluding carboxylic acids is 1. The van der Waals surface area contributed by atoms with Gasteiger partial charge < -0.3 is 9.53 Å². The molecule has 110 valence electrons. The highest BCUT2D eigenvalue weighted by Crippen LogP contribution is 2.47. The number of rotatable bonds is 3. The summed E-state index contributed by atoms with van der Waals surface area (Å²) in [4.78, 5) is 11.6. The van der Waals surface area contributed by atoms with Crippen molar-refractivity contribution in [2.75, 3.05) is 6.61 Å². The van der Waals surface area contributed by atoms with Gasteiger partial charge in [-0.25, -0.2) is 0 Å². The zero-order valence-corrected chi connectivity index (χ0v) is 13.9. The fourth-order valence-electron chi connectivity index (χ4n) is 3.24. The number of aliphatic hydroxyl groups is 1. The second-order valence-corrected chi connectivity index (χ2v) is 12.7. The van der Waals surface area contributed by atoms with Gasteiger partial charge in [0.05, 0.1) is 6.10 Å². The molecule has 0 spiro atoms. The van der Waals surface area contributed by atoms with Crippen molar-refractivity contribution in [3.05, 3.63) is 0 Å². The molecule has 2 aliphatic rings. The van der Waals surface area contributed by atoms with Gasteiger partial charge in [-0.15, -0.1) is 0 Å². The van der Waals surface area contributed by atoms with E-state index in [9.17, 15) is 9.90 Å². The number of hydrogen-bond acceptors (Lipinski definition) is 3. The fraction of sp³-hybridized carbons (Fsp3) is 0.933. The molecule has 19 heavy (non-hydrogen) atoms. The third-order valence-electron chi connectivity index (χ3n) is 5.59. The second kappa shape index (κ2) is 4.97. The molecule has 2 saturated carbocycles. The van der Waals surface area contributed by atoms with Crippen molar-refractivity contribution in [2.45, 2.75) is 64.3 Å². The molecule has 0 amide bonds. The van der Waals surface area contributed by atoms with Crippen molar-refractivity contribution in [3.63, 3.8) is 0 Å². The molecule has 1 N–H and O–H groups in total. The molecule has 2 fully saturated rings. The molecule has 0 heterocycles. The van der Waals surface area contributed by atoms with E-state index in [2.05, 4.69) is 33.9 Å². The molecule has 0 aromatic heterocycles. The molecular formula is C15H28O3Si. The molecule has 2 aliphatic carbocycles. The second-order valence-electron chi connectivity index (χ2n) is 7.91. The highest BCUT2D eigenvalue weighted by atomic mass is 28.4. The van der Waals surface area contributed by atoms with Crippen molar-refractivity contribution in [1.29, 1.82) is 0 Å². The summed E-state index contributed by atoms with van der Waals surface area (Å²) in [5.74, 6) is 1.33. The van der Waals surface area contributed by atoms with E-state index in [-0.39, 0.29) is 17.1 Å². The van der Waals surface area contributed by atoms with Gasteiger partial charge in [-0.3, -0.25) is 4.79 Å². The van der Waals surface area contributed by atoms with E-state index in [1.807, 2.05) is 0 Å². The van der Waals surface area contributed by atoms with E-state index in [0.29, 0.717) is 37.1 Å². The van der Waals surface area contributed by atoms with Crippen molar-refractivity contribution >= 4 is 14.1 Å². The summed E-state index contributed by atoms with van der Waals surface area (Å²) >= 11 is 0. The van der Waals surface area contributed by atoms with Gasteiger partial charge in [-0.05, 0) is 36.4 Å². The quantitative estimate of drug-likeness (QED) is 0.810. The van der Waals surface area contributed by atoms with Crippen molar-refractivity contribution < 1.29 is 14.3 Å². The molecule has 0 aliphatic heterocycles. The Balaban J connectivity index is 1.97. The van der Waals surface area contributed by atoms with Gasteiger partial charge >= 0.3 is 0 Å². The Morgan fingerprint density at radius 3 is 2.53 bits per heavy atom. The molecule has 0 aromatic rings. The van der Waals surface area contributed by atoms with Crippen LogP contribution in [-0.2, 0) is 9.22 Å². The van der Waals surface area contributed by atoms with Crippen LogP contribution in [0.4, 0.5) is 0 Å². The number of hydrogen-bond donors (Lipinski definition) is 1. The van der Waals surface area contributed by atoms with Crippen LogP contribution in [0.1, 0.15) is 40.0 Å².